The van der Waals surface area contributed by atoms with Crippen LogP contribution in [0.2, 0.25) is 0 Å². The van der Waals surface area contributed by atoms with Crippen LogP contribution in [0.5, 0.6) is 0 Å². The van der Waals surface area contributed by atoms with Gasteiger partial charge in [-0.3, -0.25) is 14.9 Å². The van der Waals surface area contributed by atoms with Crippen molar-refractivity contribution in [3.63, 3.8) is 0 Å². The van der Waals surface area contributed by atoms with Crippen molar-refractivity contribution in [1.82, 2.24) is 10.3 Å². The van der Waals surface area contributed by atoms with Gasteiger partial charge in [-0.05, 0) is 19.1 Å². The first-order chi connectivity index (χ1) is 10.4. The molecule has 0 bridgehead atoms. The molecule has 0 fully saturated rings. The number of benzene rings is 1. The van der Waals surface area contributed by atoms with Crippen molar-refractivity contribution < 1.29 is 19.1 Å². The van der Waals surface area contributed by atoms with E-state index in [1.165, 1.54) is 6.92 Å². The molecule has 0 unspecified atom stereocenters. The van der Waals surface area contributed by atoms with Crippen LogP contribution in [0.3, 0.4) is 0 Å². The fraction of sp³-hybridized carbons (Fsp3) is 0.143. The molecule has 0 aliphatic rings. The number of pyridine rings is 1. The van der Waals surface area contributed by atoms with Gasteiger partial charge in [0.2, 0.25) is 0 Å². The molecule has 0 saturated heterocycles. The molecule has 1 aromatic heterocycles. The van der Waals surface area contributed by atoms with Crippen molar-refractivity contribution in [2.75, 3.05) is 0 Å². The number of nitrogens with one attached hydrogen (secondary N) is 2. The smallest absolute Gasteiger partial charge is 0.355 e. The van der Waals surface area contributed by atoms with Crippen molar-refractivity contribution in [2.45, 2.75) is 13.0 Å². The number of hydrogen-bond donors (Lipinski definition) is 3. The Bertz CT molecular complexity index is 811. The van der Waals surface area contributed by atoms with Crippen LogP contribution in [0.1, 0.15) is 17.4 Å². The fourth-order valence-electron chi connectivity index (χ4n) is 1.81. The molecule has 4 N–H and O–H groups in total. The summed E-state index contributed by atoms with van der Waals surface area (Å²) in [6, 6.07) is 6.70. The zero-order chi connectivity index (χ0) is 16.3. The average Bonchev–Trinajstić information content (AvgIpc) is 2.46. The normalized spacial score (nSPS) is 11.7. The molecule has 2 aromatic rings. The van der Waals surface area contributed by atoms with Crippen LogP contribution in [-0.4, -0.2) is 29.0 Å². The minimum atomic E-state index is -1.24. The van der Waals surface area contributed by atoms with Gasteiger partial charge in [-0.1, -0.05) is 12.1 Å². The third-order valence-corrected chi connectivity index (χ3v) is 2.86. The molecule has 1 atom stereocenters. The lowest BCUT2D eigenvalue weighted by Crippen LogP contribution is -2.42. The van der Waals surface area contributed by atoms with E-state index in [4.69, 9.17) is 10.5 Å². The third kappa shape index (κ3) is 3.29. The molecule has 22 heavy (non-hydrogen) atoms. The number of carbonyl (C=O) groups excluding carboxylic acids is 3. The van der Waals surface area contributed by atoms with Crippen LogP contribution in [-0.2, 0) is 9.53 Å². The lowest BCUT2D eigenvalue weighted by molar-refractivity contribution is -0.127. The number of fused-ring (bicyclic) bond motifs is 1. The average molecular weight is 303 g/mol. The number of aromatic nitrogens is 1. The van der Waals surface area contributed by atoms with Crippen LogP contribution in [0.15, 0.2) is 35.1 Å². The van der Waals surface area contributed by atoms with Gasteiger partial charge in [0.15, 0.2) is 11.5 Å². The predicted molar refractivity (Wildman–Crippen MR) is 77.2 cm³/mol. The number of para-hydroxylation sites is 1. The Balaban J connectivity index is 2.21. The Hall–Kier alpha value is -3.16. The zero-order valence-electron chi connectivity index (χ0n) is 11.6. The van der Waals surface area contributed by atoms with Gasteiger partial charge in [0, 0.05) is 17.0 Å². The molecule has 2 rings (SSSR count). The number of urea groups is 1. The molecule has 0 radical (unpaired) electrons. The minimum absolute atomic E-state index is 0.0950. The Morgan fingerprint density at radius 1 is 1.27 bits per heavy atom. The summed E-state index contributed by atoms with van der Waals surface area (Å²) < 4.78 is 4.87. The summed E-state index contributed by atoms with van der Waals surface area (Å²) >= 11 is 0. The lowest BCUT2D eigenvalue weighted by atomic mass is 10.2. The Kier molecular flexibility index (Phi) is 4.21. The number of carbonyl (C=O) groups is 3. The molecule has 0 aliphatic heterocycles. The van der Waals surface area contributed by atoms with Crippen molar-refractivity contribution in [2.24, 2.45) is 5.73 Å². The predicted octanol–water partition coefficient (Wildman–Crippen LogP) is 0.268. The lowest BCUT2D eigenvalue weighted by Gasteiger charge is -2.12. The maximum Gasteiger partial charge on any atom is 0.355 e. The van der Waals surface area contributed by atoms with Crippen LogP contribution in [0, 0.1) is 0 Å². The molecule has 8 nitrogen and oxygen atoms in total. The highest BCUT2D eigenvalue weighted by molar-refractivity contribution is 5.98. The summed E-state index contributed by atoms with van der Waals surface area (Å²) in [6.45, 7) is 1.27. The van der Waals surface area contributed by atoms with E-state index in [1.54, 1.807) is 29.6 Å². The first kappa shape index (κ1) is 15.2. The number of esters is 1. The Labute approximate surface area is 124 Å². The summed E-state index contributed by atoms with van der Waals surface area (Å²) in [5.74, 6) is -1.75. The highest BCUT2D eigenvalue weighted by Gasteiger charge is 2.21. The second-order valence-electron chi connectivity index (χ2n) is 4.49. The van der Waals surface area contributed by atoms with Crippen LogP contribution >= 0.6 is 0 Å². The van der Waals surface area contributed by atoms with Crippen LogP contribution < -0.4 is 16.5 Å². The Morgan fingerprint density at radius 3 is 2.64 bits per heavy atom. The van der Waals surface area contributed by atoms with Crippen LogP contribution in [0.4, 0.5) is 4.79 Å². The number of ether oxygens (including phenoxy) is 1. The number of aromatic amines is 1. The Morgan fingerprint density at radius 2 is 1.95 bits per heavy atom. The first-order valence-electron chi connectivity index (χ1n) is 6.32. The van der Waals surface area contributed by atoms with Gasteiger partial charge < -0.3 is 15.5 Å². The van der Waals surface area contributed by atoms with E-state index in [2.05, 4.69) is 4.98 Å². The third-order valence-electron chi connectivity index (χ3n) is 2.86. The van der Waals surface area contributed by atoms with Gasteiger partial charge >= 0.3 is 12.0 Å². The van der Waals surface area contributed by atoms with Gasteiger partial charge in [-0.15, -0.1) is 0 Å². The van der Waals surface area contributed by atoms with Crippen molar-refractivity contribution in [1.29, 1.82) is 0 Å². The van der Waals surface area contributed by atoms with Crippen molar-refractivity contribution in [3.05, 3.63) is 46.2 Å². The highest BCUT2D eigenvalue weighted by atomic mass is 16.5. The number of hydrogen-bond acceptors (Lipinski definition) is 5. The number of nitrogens with two attached hydrogens (primary N) is 1. The van der Waals surface area contributed by atoms with E-state index in [0.717, 1.165) is 6.07 Å². The maximum atomic E-state index is 12.0. The van der Waals surface area contributed by atoms with Gasteiger partial charge in [0.05, 0.1) is 0 Å². The van der Waals surface area contributed by atoms with Gasteiger partial charge in [-0.25, -0.2) is 9.59 Å². The zero-order valence-corrected chi connectivity index (χ0v) is 11.6. The van der Waals surface area contributed by atoms with E-state index >= 15 is 0 Å². The van der Waals surface area contributed by atoms with E-state index in [0.29, 0.717) is 10.9 Å². The highest BCUT2D eigenvalue weighted by Crippen LogP contribution is 2.08. The molecular weight excluding hydrogens is 290 g/mol. The second kappa shape index (κ2) is 6.08. The fourth-order valence-corrected chi connectivity index (χ4v) is 1.81. The van der Waals surface area contributed by atoms with E-state index in [1.807, 2.05) is 0 Å². The molecule has 0 spiro atoms. The topological polar surface area (TPSA) is 131 Å². The standard InChI is InChI=1S/C14H13N3O5/c1-7(12(19)17-14(15)21)22-13(20)10-6-11(18)8-4-2-3-5-9(8)16-10/h2-7H,1H3,(H,16,18)(H3,15,17,19,21)/t7-/m1/s1. The number of rotatable bonds is 3. The number of primary amides is 1. The quantitative estimate of drug-likeness (QED) is 0.700. The van der Waals surface area contributed by atoms with Gasteiger partial charge in [-0.2, -0.15) is 0 Å². The molecule has 114 valence electrons. The maximum absolute atomic E-state index is 12.0. The van der Waals surface area contributed by atoms with E-state index < -0.39 is 24.0 Å². The second-order valence-corrected chi connectivity index (χ2v) is 4.49. The molecule has 8 heteroatoms. The number of amides is 3. The molecule has 1 heterocycles. The summed E-state index contributed by atoms with van der Waals surface area (Å²) in [7, 11) is 0. The minimum Gasteiger partial charge on any atom is -0.448 e. The first-order valence-corrected chi connectivity index (χ1v) is 6.32. The number of imide groups is 1. The van der Waals surface area contributed by atoms with Gasteiger partial charge in [0.25, 0.3) is 5.91 Å². The van der Waals surface area contributed by atoms with Crippen molar-refractivity contribution >= 4 is 28.8 Å². The van der Waals surface area contributed by atoms with Crippen molar-refractivity contribution in [3.8, 4) is 0 Å². The largest absolute Gasteiger partial charge is 0.448 e. The van der Waals surface area contributed by atoms with E-state index in [9.17, 15) is 19.2 Å². The molecule has 0 aliphatic carbocycles. The summed E-state index contributed by atoms with van der Waals surface area (Å²) in [5, 5.41) is 2.22. The summed E-state index contributed by atoms with van der Waals surface area (Å²) in [4.78, 5) is 48.6. The van der Waals surface area contributed by atoms with E-state index in [-0.39, 0.29) is 11.1 Å². The summed E-state index contributed by atoms with van der Waals surface area (Å²) in [6.07, 6.45) is -1.24. The molecule has 1 aromatic carbocycles. The number of H-pyrrole nitrogens is 1. The van der Waals surface area contributed by atoms with Crippen LogP contribution in [0.25, 0.3) is 10.9 Å². The summed E-state index contributed by atoms with van der Waals surface area (Å²) in [5.41, 5.74) is 4.82. The molecule has 3 amide bonds. The molecule has 0 saturated carbocycles. The monoisotopic (exact) mass is 303 g/mol. The van der Waals surface area contributed by atoms with Gasteiger partial charge in [0.1, 0.15) is 5.69 Å². The molecular formula is C14H13N3O5. The SMILES string of the molecule is C[C@@H](OC(=O)c1cc(=O)c2ccccc2[nH]1)C(=O)NC(N)=O.